The molecule has 1 rings (SSSR count). The van der Waals surface area contributed by atoms with Crippen LogP contribution in [0.5, 0.6) is 0 Å². The van der Waals surface area contributed by atoms with Crippen LogP contribution >= 0.6 is 11.8 Å². The van der Waals surface area contributed by atoms with Gasteiger partial charge in [-0.1, -0.05) is 19.8 Å². The summed E-state index contributed by atoms with van der Waals surface area (Å²) in [5.41, 5.74) is 0. The zero-order valence-electron chi connectivity index (χ0n) is 9.17. The van der Waals surface area contributed by atoms with Gasteiger partial charge in [0.05, 0.1) is 0 Å². The average molecular weight is 217 g/mol. The highest BCUT2D eigenvalue weighted by Crippen LogP contribution is 2.28. The molecule has 0 heterocycles. The van der Waals surface area contributed by atoms with E-state index in [1.165, 1.54) is 31.4 Å². The first kappa shape index (κ1) is 12.3. The van der Waals surface area contributed by atoms with Crippen molar-refractivity contribution in [3.8, 4) is 0 Å². The molecule has 0 spiro atoms. The number of aliphatic hydroxyl groups is 1. The Hall–Kier alpha value is 0.270. The Morgan fingerprint density at radius 1 is 1.36 bits per heavy atom. The van der Waals surface area contributed by atoms with Gasteiger partial charge in [0.1, 0.15) is 0 Å². The van der Waals surface area contributed by atoms with E-state index in [-0.39, 0.29) is 0 Å². The summed E-state index contributed by atoms with van der Waals surface area (Å²) in [4.78, 5) is 0. The molecule has 2 atom stereocenters. The predicted molar refractivity (Wildman–Crippen MR) is 63.9 cm³/mol. The standard InChI is InChI=1S/C11H23NOS/c1-2-14-11-7-4-3-6-10(11)12-8-5-9-13/h10-13H,2-9H2,1H3/t10-,11-/m1/s1. The summed E-state index contributed by atoms with van der Waals surface area (Å²) in [6.07, 6.45) is 6.35. The smallest absolute Gasteiger partial charge is 0.0443 e. The van der Waals surface area contributed by atoms with Gasteiger partial charge in [0, 0.05) is 17.9 Å². The van der Waals surface area contributed by atoms with Crippen LogP contribution in [0.3, 0.4) is 0 Å². The van der Waals surface area contributed by atoms with E-state index in [1.54, 1.807) is 0 Å². The second-order valence-electron chi connectivity index (χ2n) is 3.92. The predicted octanol–water partition coefficient (Wildman–Crippen LogP) is 2.02. The van der Waals surface area contributed by atoms with Crippen molar-refractivity contribution in [1.82, 2.24) is 5.32 Å². The molecule has 84 valence electrons. The van der Waals surface area contributed by atoms with Crippen LogP contribution in [-0.4, -0.2) is 35.3 Å². The largest absolute Gasteiger partial charge is 0.396 e. The molecule has 1 saturated carbocycles. The Labute approximate surface area is 91.9 Å². The number of aliphatic hydroxyl groups excluding tert-OH is 1. The summed E-state index contributed by atoms with van der Waals surface area (Å²) in [6, 6.07) is 0.695. The number of rotatable bonds is 6. The molecule has 14 heavy (non-hydrogen) atoms. The lowest BCUT2D eigenvalue weighted by Gasteiger charge is -2.31. The van der Waals surface area contributed by atoms with Crippen LogP contribution in [0.1, 0.15) is 39.0 Å². The van der Waals surface area contributed by atoms with Gasteiger partial charge < -0.3 is 10.4 Å². The van der Waals surface area contributed by atoms with Crippen molar-refractivity contribution in [3.63, 3.8) is 0 Å². The minimum atomic E-state index is 0.311. The van der Waals surface area contributed by atoms with E-state index in [0.717, 1.165) is 18.2 Å². The fourth-order valence-corrected chi connectivity index (χ4v) is 3.34. The molecule has 2 nitrogen and oxygen atoms in total. The molecular weight excluding hydrogens is 194 g/mol. The number of nitrogens with one attached hydrogen (secondary N) is 1. The fourth-order valence-electron chi connectivity index (χ4n) is 2.11. The van der Waals surface area contributed by atoms with Crippen LogP contribution in [0.4, 0.5) is 0 Å². The van der Waals surface area contributed by atoms with Crippen LogP contribution < -0.4 is 5.32 Å². The second kappa shape index (κ2) is 7.55. The minimum Gasteiger partial charge on any atom is -0.396 e. The molecular formula is C11H23NOS. The molecule has 0 saturated heterocycles. The van der Waals surface area contributed by atoms with E-state index in [9.17, 15) is 0 Å². The van der Waals surface area contributed by atoms with Crippen molar-refractivity contribution in [3.05, 3.63) is 0 Å². The van der Waals surface area contributed by atoms with Gasteiger partial charge in [-0.25, -0.2) is 0 Å². The first-order chi connectivity index (χ1) is 6.88. The lowest BCUT2D eigenvalue weighted by atomic mass is 9.95. The quantitative estimate of drug-likeness (QED) is 0.668. The molecule has 1 fully saturated rings. The third-order valence-electron chi connectivity index (χ3n) is 2.82. The maximum Gasteiger partial charge on any atom is 0.0443 e. The summed E-state index contributed by atoms with van der Waals surface area (Å²) in [5, 5.41) is 13.1. The molecule has 2 N–H and O–H groups in total. The highest BCUT2D eigenvalue weighted by Gasteiger charge is 2.23. The summed E-state index contributed by atoms with van der Waals surface area (Å²) in [5.74, 6) is 1.23. The van der Waals surface area contributed by atoms with Crippen molar-refractivity contribution in [1.29, 1.82) is 0 Å². The molecule has 0 aromatic rings. The monoisotopic (exact) mass is 217 g/mol. The average Bonchev–Trinajstić information content (AvgIpc) is 2.21. The van der Waals surface area contributed by atoms with E-state index in [1.807, 2.05) is 0 Å². The zero-order chi connectivity index (χ0) is 10.2. The van der Waals surface area contributed by atoms with Crippen LogP contribution in [0.15, 0.2) is 0 Å². The Morgan fingerprint density at radius 3 is 2.86 bits per heavy atom. The summed E-state index contributed by atoms with van der Waals surface area (Å²) >= 11 is 2.09. The van der Waals surface area contributed by atoms with Crippen LogP contribution in [0.25, 0.3) is 0 Å². The van der Waals surface area contributed by atoms with Gasteiger partial charge in [-0.3, -0.25) is 0 Å². The molecule has 0 bridgehead atoms. The van der Waals surface area contributed by atoms with Crippen LogP contribution in [0.2, 0.25) is 0 Å². The molecule has 0 aliphatic heterocycles. The molecule has 0 unspecified atom stereocenters. The van der Waals surface area contributed by atoms with Crippen LogP contribution in [-0.2, 0) is 0 Å². The topological polar surface area (TPSA) is 32.3 Å². The fraction of sp³-hybridized carbons (Fsp3) is 1.00. The third-order valence-corrected chi connectivity index (χ3v) is 4.15. The summed E-state index contributed by atoms with van der Waals surface area (Å²) in [6.45, 7) is 3.53. The Balaban J connectivity index is 2.22. The SMILES string of the molecule is CCS[C@@H]1CCCC[C@H]1NCCCO. The van der Waals surface area contributed by atoms with E-state index >= 15 is 0 Å². The molecule has 0 aromatic carbocycles. The number of hydrogen-bond acceptors (Lipinski definition) is 3. The number of hydrogen-bond donors (Lipinski definition) is 2. The molecule has 1 aliphatic rings. The maximum atomic E-state index is 8.72. The molecule has 0 aromatic heterocycles. The molecule has 0 amide bonds. The zero-order valence-corrected chi connectivity index (χ0v) is 9.98. The molecule has 0 radical (unpaired) electrons. The van der Waals surface area contributed by atoms with Gasteiger partial charge in [-0.15, -0.1) is 0 Å². The molecule has 1 aliphatic carbocycles. The number of thioether (sulfide) groups is 1. The lowest BCUT2D eigenvalue weighted by molar-refractivity contribution is 0.278. The normalized spacial score (nSPS) is 27.9. The first-order valence-electron chi connectivity index (χ1n) is 5.84. The lowest BCUT2D eigenvalue weighted by Crippen LogP contribution is -2.41. The van der Waals surface area contributed by atoms with Gasteiger partial charge >= 0.3 is 0 Å². The van der Waals surface area contributed by atoms with Crippen molar-refractivity contribution in [2.75, 3.05) is 18.9 Å². The highest BCUT2D eigenvalue weighted by atomic mass is 32.2. The first-order valence-corrected chi connectivity index (χ1v) is 6.89. The van der Waals surface area contributed by atoms with Crippen molar-refractivity contribution in [2.24, 2.45) is 0 Å². The van der Waals surface area contributed by atoms with Gasteiger partial charge in [0.15, 0.2) is 0 Å². The van der Waals surface area contributed by atoms with Crippen molar-refractivity contribution < 1.29 is 5.11 Å². The van der Waals surface area contributed by atoms with E-state index in [0.29, 0.717) is 12.6 Å². The third kappa shape index (κ3) is 4.20. The summed E-state index contributed by atoms with van der Waals surface area (Å²) in [7, 11) is 0. The van der Waals surface area contributed by atoms with E-state index in [4.69, 9.17) is 5.11 Å². The van der Waals surface area contributed by atoms with Crippen molar-refractivity contribution >= 4 is 11.8 Å². The Kier molecular flexibility index (Phi) is 6.65. The Morgan fingerprint density at radius 2 is 2.14 bits per heavy atom. The highest BCUT2D eigenvalue weighted by molar-refractivity contribution is 7.99. The summed E-state index contributed by atoms with van der Waals surface area (Å²) < 4.78 is 0. The van der Waals surface area contributed by atoms with Gasteiger partial charge in [-0.2, -0.15) is 11.8 Å². The van der Waals surface area contributed by atoms with Gasteiger partial charge in [0.25, 0.3) is 0 Å². The van der Waals surface area contributed by atoms with Crippen LogP contribution in [0, 0.1) is 0 Å². The second-order valence-corrected chi connectivity index (χ2v) is 5.43. The van der Waals surface area contributed by atoms with Gasteiger partial charge in [-0.05, 0) is 31.6 Å². The molecule has 3 heteroatoms. The minimum absolute atomic E-state index is 0.311. The van der Waals surface area contributed by atoms with Gasteiger partial charge in [0.2, 0.25) is 0 Å². The van der Waals surface area contributed by atoms with Crippen molar-refractivity contribution in [2.45, 2.75) is 50.3 Å². The maximum absolute atomic E-state index is 8.72. The Bertz CT molecular complexity index is 141. The van der Waals surface area contributed by atoms with E-state index in [2.05, 4.69) is 24.0 Å². The van der Waals surface area contributed by atoms with E-state index < -0.39 is 0 Å².